The van der Waals surface area contributed by atoms with Gasteiger partial charge in [0.15, 0.2) is 0 Å². The minimum absolute atomic E-state index is 0.187. The van der Waals surface area contributed by atoms with Crippen molar-refractivity contribution in [3.8, 4) is 0 Å². The molecule has 2 rings (SSSR count). The standard InChI is InChI=1S/C18H22FNO/c1-21-12-11-20-14-17(16-5-3-2-4-6-16)13-15-7-9-18(19)10-8-15/h2-10,17,20H,11-14H2,1H3. The van der Waals surface area contributed by atoms with Crippen molar-refractivity contribution < 1.29 is 9.13 Å². The number of ether oxygens (including phenoxy) is 1. The molecule has 1 atom stereocenters. The fourth-order valence-electron chi connectivity index (χ4n) is 2.39. The van der Waals surface area contributed by atoms with Crippen LogP contribution in [-0.2, 0) is 11.2 Å². The molecule has 0 saturated heterocycles. The lowest BCUT2D eigenvalue weighted by Crippen LogP contribution is -2.26. The van der Waals surface area contributed by atoms with Crippen molar-refractivity contribution in [2.24, 2.45) is 0 Å². The summed E-state index contributed by atoms with van der Waals surface area (Å²) in [7, 11) is 1.70. The molecular weight excluding hydrogens is 265 g/mol. The van der Waals surface area contributed by atoms with Crippen molar-refractivity contribution >= 4 is 0 Å². The number of halogens is 1. The van der Waals surface area contributed by atoms with Gasteiger partial charge in [0.2, 0.25) is 0 Å². The summed E-state index contributed by atoms with van der Waals surface area (Å²) in [5, 5.41) is 3.42. The summed E-state index contributed by atoms with van der Waals surface area (Å²) >= 11 is 0. The summed E-state index contributed by atoms with van der Waals surface area (Å²) in [6.45, 7) is 2.42. The molecule has 0 radical (unpaired) electrons. The van der Waals surface area contributed by atoms with E-state index in [9.17, 15) is 4.39 Å². The Hall–Kier alpha value is -1.71. The lowest BCUT2D eigenvalue weighted by Gasteiger charge is -2.18. The van der Waals surface area contributed by atoms with Gasteiger partial charge in [-0.05, 0) is 29.7 Å². The van der Waals surface area contributed by atoms with Crippen molar-refractivity contribution in [1.29, 1.82) is 0 Å². The smallest absolute Gasteiger partial charge is 0.123 e. The van der Waals surface area contributed by atoms with Crippen LogP contribution in [0.4, 0.5) is 4.39 Å². The molecule has 0 amide bonds. The topological polar surface area (TPSA) is 21.3 Å². The molecule has 21 heavy (non-hydrogen) atoms. The van der Waals surface area contributed by atoms with Crippen molar-refractivity contribution in [3.63, 3.8) is 0 Å². The highest BCUT2D eigenvalue weighted by molar-refractivity contribution is 5.25. The van der Waals surface area contributed by atoms with Crippen LogP contribution in [0.5, 0.6) is 0 Å². The van der Waals surface area contributed by atoms with Gasteiger partial charge < -0.3 is 10.1 Å². The molecule has 1 N–H and O–H groups in total. The second kappa shape index (κ2) is 8.55. The Morgan fingerprint density at radius 3 is 2.43 bits per heavy atom. The normalized spacial score (nSPS) is 12.3. The Balaban J connectivity index is 2.02. The largest absolute Gasteiger partial charge is 0.383 e. The highest BCUT2D eigenvalue weighted by Gasteiger charge is 2.12. The van der Waals surface area contributed by atoms with Gasteiger partial charge in [0, 0.05) is 26.1 Å². The predicted molar refractivity (Wildman–Crippen MR) is 84.0 cm³/mol. The summed E-state index contributed by atoms with van der Waals surface area (Å²) in [6.07, 6.45) is 0.893. The van der Waals surface area contributed by atoms with E-state index in [1.807, 2.05) is 18.2 Å². The molecule has 2 nitrogen and oxygen atoms in total. The average Bonchev–Trinajstić information content (AvgIpc) is 2.53. The van der Waals surface area contributed by atoms with E-state index in [0.717, 1.165) is 25.1 Å². The molecule has 0 spiro atoms. The molecule has 0 aromatic heterocycles. The molecule has 3 heteroatoms. The van der Waals surface area contributed by atoms with Gasteiger partial charge in [-0.2, -0.15) is 0 Å². The van der Waals surface area contributed by atoms with E-state index in [2.05, 4.69) is 29.6 Å². The quantitative estimate of drug-likeness (QED) is 0.751. The van der Waals surface area contributed by atoms with Crippen molar-refractivity contribution in [3.05, 3.63) is 71.5 Å². The SMILES string of the molecule is COCCNCC(Cc1ccc(F)cc1)c1ccccc1. The fourth-order valence-corrected chi connectivity index (χ4v) is 2.39. The van der Waals surface area contributed by atoms with Crippen LogP contribution in [0.2, 0.25) is 0 Å². The van der Waals surface area contributed by atoms with E-state index < -0.39 is 0 Å². The highest BCUT2D eigenvalue weighted by Crippen LogP contribution is 2.20. The van der Waals surface area contributed by atoms with E-state index >= 15 is 0 Å². The van der Waals surface area contributed by atoms with Gasteiger partial charge in [0.05, 0.1) is 6.61 Å². The first-order valence-electron chi connectivity index (χ1n) is 7.28. The molecule has 112 valence electrons. The lowest BCUT2D eigenvalue weighted by atomic mass is 9.92. The highest BCUT2D eigenvalue weighted by atomic mass is 19.1. The second-order valence-electron chi connectivity index (χ2n) is 5.14. The first-order valence-corrected chi connectivity index (χ1v) is 7.28. The molecule has 2 aromatic carbocycles. The Morgan fingerprint density at radius 1 is 1.05 bits per heavy atom. The van der Waals surface area contributed by atoms with Gasteiger partial charge in [-0.15, -0.1) is 0 Å². The number of nitrogens with one attached hydrogen (secondary N) is 1. The van der Waals surface area contributed by atoms with Crippen molar-refractivity contribution in [2.75, 3.05) is 26.8 Å². The summed E-state index contributed by atoms with van der Waals surface area (Å²) in [6, 6.07) is 17.2. The minimum atomic E-state index is -0.187. The molecule has 0 heterocycles. The van der Waals surface area contributed by atoms with Crippen LogP contribution in [0.3, 0.4) is 0 Å². The fraction of sp³-hybridized carbons (Fsp3) is 0.333. The van der Waals surface area contributed by atoms with Gasteiger partial charge in [-0.3, -0.25) is 0 Å². The zero-order chi connectivity index (χ0) is 14.9. The molecule has 0 saturated carbocycles. The van der Waals surface area contributed by atoms with Gasteiger partial charge in [0.25, 0.3) is 0 Å². The predicted octanol–water partition coefficient (Wildman–Crippen LogP) is 3.39. The number of hydrogen-bond acceptors (Lipinski definition) is 2. The summed E-state index contributed by atoms with van der Waals surface area (Å²) < 4.78 is 18.1. The van der Waals surface area contributed by atoms with Gasteiger partial charge in [0.1, 0.15) is 5.82 Å². The Labute approximate surface area is 126 Å². The average molecular weight is 287 g/mol. The third-order valence-electron chi connectivity index (χ3n) is 3.54. The van der Waals surface area contributed by atoms with Gasteiger partial charge >= 0.3 is 0 Å². The molecule has 0 aliphatic rings. The van der Waals surface area contributed by atoms with Crippen LogP contribution in [0.15, 0.2) is 54.6 Å². The number of hydrogen-bond donors (Lipinski definition) is 1. The van der Waals surface area contributed by atoms with Crippen molar-refractivity contribution in [1.82, 2.24) is 5.32 Å². The van der Waals surface area contributed by atoms with Crippen LogP contribution < -0.4 is 5.32 Å². The molecular formula is C18H22FNO. The summed E-state index contributed by atoms with van der Waals surface area (Å²) in [4.78, 5) is 0. The maximum absolute atomic E-state index is 13.0. The van der Waals surface area contributed by atoms with E-state index in [-0.39, 0.29) is 5.82 Å². The summed E-state index contributed by atoms with van der Waals surface area (Å²) in [5.74, 6) is 0.182. The van der Waals surface area contributed by atoms with E-state index in [4.69, 9.17) is 4.74 Å². The summed E-state index contributed by atoms with van der Waals surface area (Å²) in [5.41, 5.74) is 2.45. The molecule has 1 unspecified atom stereocenters. The maximum atomic E-state index is 13.0. The number of rotatable bonds is 8. The molecule has 2 aromatic rings. The number of benzene rings is 2. The van der Waals surface area contributed by atoms with Crippen LogP contribution >= 0.6 is 0 Å². The Morgan fingerprint density at radius 2 is 1.76 bits per heavy atom. The van der Waals surface area contributed by atoms with Crippen LogP contribution in [-0.4, -0.2) is 26.8 Å². The third kappa shape index (κ3) is 5.29. The van der Waals surface area contributed by atoms with Crippen LogP contribution in [0.25, 0.3) is 0 Å². The Bertz CT molecular complexity index is 513. The molecule has 0 aliphatic carbocycles. The van der Waals surface area contributed by atoms with Crippen molar-refractivity contribution in [2.45, 2.75) is 12.3 Å². The molecule has 0 fully saturated rings. The third-order valence-corrected chi connectivity index (χ3v) is 3.54. The van der Waals surface area contributed by atoms with Gasteiger partial charge in [-0.1, -0.05) is 42.5 Å². The van der Waals surface area contributed by atoms with Crippen LogP contribution in [0, 0.1) is 5.82 Å². The Kier molecular flexibility index (Phi) is 6.38. The first kappa shape index (κ1) is 15.7. The molecule has 0 bridgehead atoms. The minimum Gasteiger partial charge on any atom is -0.383 e. The zero-order valence-corrected chi connectivity index (χ0v) is 12.4. The van der Waals surface area contributed by atoms with Gasteiger partial charge in [-0.25, -0.2) is 4.39 Å². The van der Waals surface area contributed by atoms with E-state index in [1.165, 1.54) is 17.7 Å². The van der Waals surface area contributed by atoms with E-state index in [0.29, 0.717) is 12.5 Å². The lowest BCUT2D eigenvalue weighted by molar-refractivity contribution is 0.199. The molecule has 0 aliphatic heterocycles. The maximum Gasteiger partial charge on any atom is 0.123 e. The zero-order valence-electron chi connectivity index (χ0n) is 12.4. The van der Waals surface area contributed by atoms with Crippen LogP contribution in [0.1, 0.15) is 17.0 Å². The van der Waals surface area contributed by atoms with E-state index in [1.54, 1.807) is 7.11 Å². The monoisotopic (exact) mass is 287 g/mol. The first-order chi connectivity index (χ1) is 10.3. The second-order valence-corrected chi connectivity index (χ2v) is 5.14. The number of methoxy groups -OCH3 is 1.